The maximum atomic E-state index is 4.56. The summed E-state index contributed by atoms with van der Waals surface area (Å²) in [5.74, 6) is 0.710. The number of rotatable bonds is 2. The lowest BCUT2D eigenvalue weighted by Crippen LogP contribution is -2.17. The van der Waals surface area contributed by atoms with Gasteiger partial charge >= 0.3 is 0 Å². The molecule has 4 nitrogen and oxygen atoms in total. The van der Waals surface area contributed by atoms with Crippen molar-refractivity contribution in [2.45, 2.75) is 32.2 Å². The van der Waals surface area contributed by atoms with Crippen LogP contribution in [0, 0.1) is 6.92 Å². The average Bonchev–Trinajstić information content (AvgIpc) is 2.89. The van der Waals surface area contributed by atoms with Crippen LogP contribution in [0.25, 0.3) is 5.65 Å². The SMILES string of the molecule is Cc1ccc2nc(NC3CCCc4ccccc43)nn2c1. The Kier molecular flexibility index (Phi) is 2.88. The number of nitrogens with one attached hydrogen (secondary N) is 1. The van der Waals surface area contributed by atoms with Crippen molar-refractivity contribution in [1.82, 2.24) is 14.6 Å². The maximum absolute atomic E-state index is 4.56. The van der Waals surface area contributed by atoms with Crippen LogP contribution in [0.4, 0.5) is 5.95 Å². The number of pyridine rings is 1. The first-order valence-corrected chi connectivity index (χ1v) is 7.47. The molecule has 0 saturated carbocycles. The van der Waals surface area contributed by atoms with Gasteiger partial charge in [0.15, 0.2) is 5.65 Å². The molecule has 21 heavy (non-hydrogen) atoms. The fourth-order valence-corrected chi connectivity index (χ4v) is 3.11. The molecule has 0 aliphatic heterocycles. The van der Waals surface area contributed by atoms with Crippen molar-refractivity contribution in [3.05, 3.63) is 59.3 Å². The van der Waals surface area contributed by atoms with Gasteiger partial charge < -0.3 is 5.32 Å². The van der Waals surface area contributed by atoms with Gasteiger partial charge in [-0.3, -0.25) is 0 Å². The predicted molar refractivity (Wildman–Crippen MR) is 83.5 cm³/mol. The van der Waals surface area contributed by atoms with E-state index in [9.17, 15) is 0 Å². The Balaban J connectivity index is 1.66. The normalized spacial score (nSPS) is 17.7. The summed E-state index contributed by atoms with van der Waals surface area (Å²) in [6.07, 6.45) is 5.52. The quantitative estimate of drug-likeness (QED) is 0.779. The first kappa shape index (κ1) is 12.4. The number of fused-ring (bicyclic) bond motifs is 2. The van der Waals surface area contributed by atoms with E-state index < -0.39 is 0 Å². The van der Waals surface area contributed by atoms with E-state index in [1.165, 1.54) is 29.5 Å². The van der Waals surface area contributed by atoms with E-state index >= 15 is 0 Å². The first-order valence-electron chi connectivity index (χ1n) is 7.47. The maximum Gasteiger partial charge on any atom is 0.243 e. The second-order valence-electron chi connectivity index (χ2n) is 5.73. The Morgan fingerprint density at radius 2 is 2.10 bits per heavy atom. The molecule has 4 heteroatoms. The molecule has 0 spiro atoms. The summed E-state index contributed by atoms with van der Waals surface area (Å²) in [5.41, 5.74) is 4.90. The van der Waals surface area contributed by atoms with Gasteiger partial charge in [0.2, 0.25) is 5.95 Å². The zero-order valence-corrected chi connectivity index (χ0v) is 12.1. The van der Waals surface area contributed by atoms with Crippen LogP contribution < -0.4 is 5.32 Å². The van der Waals surface area contributed by atoms with Gasteiger partial charge in [-0.25, -0.2) is 4.52 Å². The summed E-state index contributed by atoms with van der Waals surface area (Å²) >= 11 is 0. The van der Waals surface area contributed by atoms with E-state index in [0.29, 0.717) is 12.0 Å². The Morgan fingerprint density at radius 1 is 1.19 bits per heavy atom. The highest BCUT2D eigenvalue weighted by Gasteiger charge is 2.20. The molecule has 2 aromatic heterocycles. The molecule has 1 atom stereocenters. The number of anilines is 1. The molecule has 0 saturated heterocycles. The molecular formula is C17H18N4. The monoisotopic (exact) mass is 278 g/mol. The molecule has 3 aromatic rings. The number of aryl methyl sites for hydroxylation is 2. The second kappa shape index (κ2) is 4.88. The summed E-state index contributed by atoms with van der Waals surface area (Å²) in [6, 6.07) is 13.0. The van der Waals surface area contributed by atoms with Crippen molar-refractivity contribution in [2.75, 3.05) is 5.32 Å². The zero-order chi connectivity index (χ0) is 14.2. The molecule has 1 aliphatic carbocycles. The summed E-state index contributed by atoms with van der Waals surface area (Å²) in [6.45, 7) is 2.06. The average molecular weight is 278 g/mol. The van der Waals surface area contributed by atoms with Gasteiger partial charge in [0.25, 0.3) is 0 Å². The molecule has 1 unspecified atom stereocenters. The topological polar surface area (TPSA) is 42.2 Å². The minimum Gasteiger partial charge on any atom is -0.346 e. The molecule has 0 radical (unpaired) electrons. The zero-order valence-electron chi connectivity index (χ0n) is 12.1. The first-order chi connectivity index (χ1) is 10.3. The van der Waals surface area contributed by atoms with E-state index in [1.807, 2.05) is 16.8 Å². The third kappa shape index (κ3) is 2.27. The highest BCUT2D eigenvalue weighted by atomic mass is 15.3. The van der Waals surface area contributed by atoms with Crippen molar-refractivity contribution in [3.8, 4) is 0 Å². The molecule has 4 rings (SSSR count). The standard InChI is InChI=1S/C17H18N4/c1-12-9-10-16-19-17(20-21(16)11-12)18-15-8-4-6-13-5-2-3-7-14(13)15/h2-3,5,7,9-11,15H,4,6,8H2,1H3,(H,18,20). The Labute approximate surface area is 123 Å². The van der Waals surface area contributed by atoms with Crippen LogP contribution in [0.3, 0.4) is 0 Å². The summed E-state index contributed by atoms with van der Waals surface area (Å²) in [7, 11) is 0. The van der Waals surface area contributed by atoms with Crippen molar-refractivity contribution < 1.29 is 0 Å². The van der Waals surface area contributed by atoms with E-state index in [1.54, 1.807) is 0 Å². The van der Waals surface area contributed by atoms with E-state index in [4.69, 9.17) is 0 Å². The molecule has 2 heterocycles. The van der Waals surface area contributed by atoms with Crippen LogP contribution in [-0.2, 0) is 6.42 Å². The Bertz CT molecular complexity index is 790. The van der Waals surface area contributed by atoms with E-state index in [0.717, 1.165) is 12.1 Å². The molecule has 1 N–H and O–H groups in total. The van der Waals surface area contributed by atoms with Crippen LogP contribution in [0.5, 0.6) is 0 Å². The molecule has 0 bridgehead atoms. The van der Waals surface area contributed by atoms with Gasteiger partial charge in [-0.1, -0.05) is 30.3 Å². The van der Waals surface area contributed by atoms with Crippen LogP contribution in [0.2, 0.25) is 0 Å². The largest absolute Gasteiger partial charge is 0.346 e. The van der Waals surface area contributed by atoms with Crippen LogP contribution >= 0.6 is 0 Å². The van der Waals surface area contributed by atoms with Gasteiger partial charge in [0, 0.05) is 6.20 Å². The molecule has 1 aliphatic rings. The van der Waals surface area contributed by atoms with Crippen molar-refractivity contribution in [1.29, 1.82) is 0 Å². The Hall–Kier alpha value is -2.36. The fraction of sp³-hybridized carbons (Fsp3) is 0.294. The summed E-state index contributed by atoms with van der Waals surface area (Å²) in [4.78, 5) is 4.56. The van der Waals surface area contributed by atoms with Crippen molar-refractivity contribution >= 4 is 11.6 Å². The lowest BCUT2D eigenvalue weighted by molar-refractivity contribution is 0.596. The fourth-order valence-electron chi connectivity index (χ4n) is 3.11. The number of aromatic nitrogens is 3. The number of benzene rings is 1. The van der Waals surface area contributed by atoms with Gasteiger partial charge in [-0.2, -0.15) is 4.98 Å². The van der Waals surface area contributed by atoms with Crippen molar-refractivity contribution in [2.24, 2.45) is 0 Å². The predicted octanol–water partition coefficient (Wildman–Crippen LogP) is 3.53. The van der Waals surface area contributed by atoms with Gasteiger partial charge in [-0.05, 0) is 48.9 Å². The second-order valence-corrected chi connectivity index (χ2v) is 5.73. The number of hydrogen-bond acceptors (Lipinski definition) is 3. The minimum absolute atomic E-state index is 0.313. The molecule has 0 amide bonds. The molecular weight excluding hydrogens is 260 g/mol. The summed E-state index contributed by atoms with van der Waals surface area (Å²) < 4.78 is 1.84. The van der Waals surface area contributed by atoms with Gasteiger partial charge in [-0.15, -0.1) is 5.10 Å². The van der Waals surface area contributed by atoms with Gasteiger partial charge in [0.1, 0.15) is 0 Å². The van der Waals surface area contributed by atoms with E-state index in [2.05, 4.69) is 52.7 Å². The van der Waals surface area contributed by atoms with Crippen molar-refractivity contribution in [3.63, 3.8) is 0 Å². The Morgan fingerprint density at radius 3 is 3.05 bits per heavy atom. The van der Waals surface area contributed by atoms with Crippen LogP contribution in [0.15, 0.2) is 42.6 Å². The third-order valence-electron chi connectivity index (χ3n) is 4.15. The van der Waals surface area contributed by atoms with E-state index in [-0.39, 0.29) is 0 Å². The highest BCUT2D eigenvalue weighted by Crippen LogP contribution is 2.31. The smallest absolute Gasteiger partial charge is 0.243 e. The molecule has 1 aromatic carbocycles. The van der Waals surface area contributed by atoms with Gasteiger partial charge in [0.05, 0.1) is 6.04 Å². The lowest BCUT2D eigenvalue weighted by atomic mass is 9.88. The van der Waals surface area contributed by atoms with Crippen LogP contribution in [-0.4, -0.2) is 14.6 Å². The number of hydrogen-bond donors (Lipinski definition) is 1. The summed E-state index contributed by atoms with van der Waals surface area (Å²) in [5, 5.41) is 8.04. The number of nitrogens with zero attached hydrogens (tertiary/aromatic N) is 3. The highest BCUT2D eigenvalue weighted by molar-refractivity contribution is 5.46. The third-order valence-corrected chi connectivity index (χ3v) is 4.15. The molecule has 0 fully saturated rings. The minimum atomic E-state index is 0.313. The molecule has 106 valence electrons. The lowest BCUT2D eigenvalue weighted by Gasteiger charge is -2.25. The van der Waals surface area contributed by atoms with Crippen LogP contribution in [0.1, 0.15) is 35.6 Å².